The predicted molar refractivity (Wildman–Crippen MR) is 48.7 cm³/mol. The fourth-order valence-corrected chi connectivity index (χ4v) is 1.18. The van der Waals surface area contributed by atoms with Gasteiger partial charge in [0.05, 0.1) is 6.61 Å². The third-order valence-electron chi connectivity index (χ3n) is 2.36. The molecule has 2 nitrogen and oxygen atoms in total. The summed E-state index contributed by atoms with van der Waals surface area (Å²) >= 11 is 0. The van der Waals surface area contributed by atoms with Gasteiger partial charge >= 0.3 is 0 Å². The molecule has 0 aromatic carbocycles. The van der Waals surface area contributed by atoms with E-state index in [1.54, 1.807) is 0 Å². The van der Waals surface area contributed by atoms with Crippen LogP contribution in [0.4, 0.5) is 0 Å². The van der Waals surface area contributed by atoms with Crippen LogP contribution < -0.4 is 0 Å². The Morgan fingerprint density at radius 3 is 2.18 bits per heavy atom. The maximum Gasteiger partial charge on any atom is 0.0584 e. The minimum Gasteiger partial charge on any atom is -0.395 e. The average molecular weight is 159 g/mol. The van der Waals surface area contributed by atoms with Crippen LogP contribution in [0.5, 0.6) is 0 Å². The lowest BCUT2D eigenvalue weighted by Gasteiger charge is -2.29. The molecule has 0 rings (SSSR count). The standard InChI is InChI=1S/C9H21NO/c1-5-6-8(2)10(4)9(3)7-11/h8-9,11H,5-7H2,1-4H3. The monoisotopic (exact) mass is 159 g/mol. The third-order valence-corrected chi connectivity index (χ3v) is 2.36. The smallest absolute Gasteiger partial charge is 0.0584 e. The molecule has 11 heavy (non-hydrogen) atoms. The van der Waals surface area contributed by atoms with Gasteiger partial charge in [0.25, 0.3) is 0 Å². The first-order valence-corrected chi connectivity index (χ1v) is 4.46. The van der Waals surface area contributed by atoms with Crippen molar-refractivity contribution in [1.82, 2.24) is 4.90 Å². The minimum absolute atomic E-state index is 0.255. The second-order valence-electron chi connectivity index (χ2n) is 3.33. The summed E-state index contributed by atoms with van der Waals surface area (Å²) in [6, 6.07) is 0.874. The molecule has 0 aliphatic heterocycles. The molecule has 0 aromatic heterocycles. The topological polar surface area (TPSA) is 23.5 Å². The number of aliphatic hydroxyl groups excluding tert-OH is 1. The second kappa shape index (κ2) is 5.56. The van der Waals surface area contributed by atoms with Crippen LogP contribution in [0.15, 0.2) is 0 Å². The van der Waals surface area contributed by atoms with E-state index < -0.39 is 0 Å². The Morgan fingerprint density at radius 2 is 1.82 bits per heavy atom. The first-order valence-electron chi connectivity index (χ1n) is 4.46. The third kappa shape index (κ3) is 3.73. The molecule has 0 radical (unpaired) electrons. The Bertz CT molecular complexity index is 95.6. The van der Waals surface area contributed by atoms with Crippen molar-refractivity contribution >= 4 is 0 Å². The number of aliphatic hydroxyl groups is 1. The summed E-state index contributed by atoms with van der Waals surface area (Å²) in [6.07, 6.45) is 2.42. The highest BCUT2D eigenvalue weighted by Crippen LogP contribution is 2.07. The fourth-order valence-electron chi connectivity index (χ4n) is 1.18. The summed E-state index contributed by atoms with van der Waals surface area (Å²) in [5.41, 5.74) is 0. The minimum atomic E-state index is 0.255. The van der Waals surface area contributed by atoms with Gasteiger partial charge in [-0.05, 0) is 27.3 Å². The normalized spacial score (nSPS) is 16.9. The molecule has 0 amide bonds. The van der Waals surface area contributed by atoms with E-state index in [1.807, 2.05) is 6.92 Å². The molecular weight excluding hydrogens is 138 g/mol. The molecular formula is C9H21NO. The summed E-state index contributed by atoms with van der Waals surface area (Å²) in [6.45, 7) is 6.69. The van der Waals surface area contributed by atoms with Gasteiger partial charge in [-0.15, -0.1) is 0 Å². The van der Waals surface area contributed by atoms with E-state index in [9.17, 15) is 0 Å². The predicted octanol–water partition coefficient (Wildman–Crippen LogP) is 1.49. The quantitative estimate of drug-likeness (QED) is 0.657. The van der Waals surface area contributed by atoms with Crippen molar-refractivity contribution in [3.63, 3.8) is 0 Å². The molecule has 2 atom stereocenters. The molecule has 0 fully saturated rings. The zero-order valence-corrected chi connectivity index (χ0v) is 8.17. The lowest BCUT2D eigenvalue weighted by atomic mass is 10.1. The molecule has 0 spiro atoms. The maximum absolute atomic E-state index is 8.88. The second-order valence-corrected chi connectivity index (χ2v) is 3.33. The van der Waals surface area contributed by atoms with Crippen LogP contribution >= 0.6 is 0 Å². The number of likely N-dealkylation sites (N-methyl/N-ethyl adjacent to an activating group) is 1. The van der Waals surface area contributed by atoms with Crippen LogP contribution in [0, 0.1) is 0 Å². The van der Waals surface area contributed by atoms with Crippen LogP contribution in [-0.4, -0.2) is 35.7 Å². The van der Waals surface area contributed by atoms with E-state index in [1.165, 1.54) is 12.8 Å². The van der Waals surface area contributed by atoms with Crippen LogP contribution in [0.3, 0.4) is 0 Å². The molecule has 68 valence electrons. The van der Waals surface area contributed by atoms with Crippen LogP contribution in [-0.2, 0) is 0 Å². The van der Waals surface area contributed by atoms with Crippen LogP contribution in [0.25, 0.3) is 0 Å². The maximum atomic E-state index is 8.88. The van der Waals surface area contributed by atoms with Gasteiger partial charge in [0.1, 0.15) is 0 Å². The largest absolute Gasteiger partial charge is 0.395 e. The first-order chi connectivity index (χ1) is 5.13. The Hall–Kier alpha value is -0.0800. The van der Waals surface area contributed by atoms with Crippen molar-refractivity contribution in [2.75, 3.05) is 13.7 Å². The number of hydrogen-bond donors (Lipinski definition) is 1. The molecule has 2 heteroatoms. The highest BCUT2D eigenvalue weighted by molar-refractivity contribution is 4.68. The van der Waals surface area contributed by atoms with E-state index in [2.05, 4.69) is 25.8 Å². The summed E-state index contributed by atoms with van der Waals surface area (Å²) < 4.78 is 0. The molecule has 0 saturated heterocycles. The van der Waals surface area contributed by atoms with Gasteiger partial charge in [-0.2, -0.15) is 0 Å². The Balaban J connectivity index is 3.70. The lowest BCUT2D eigenvalue weighted by Crippen LogP contribution is -2.38. The summed E-state index contributed by atoms with van der Waals surface area (Å²) in [7, 11) is 2.07. The highest BCUT2D eigenvalue weighted by Gasteiger charge is 2.13. The van der Waals surface area contributed by atoms with Crippen molar-refractivity contribution < 1.29 is 5.11 Å². The Labute approximate surface area is 70.2 Å². The SMILES string of the molecule is CCCC(C)N(C)C(C)CO. The highest BCUT2D eigenvalue weighted by atomic mass is 16.3. The average Bonchev–Trinajstić information content (AvgIpc) is 2.02. The molecule has 0 aliphatic rings. The number of nitrogens with zero attached hydrogens (tertiary/aromatic N) is 1. The van der Waals surface area contributed by atoms with Crippen molar-refractivity contribution in [3.8, 4) is 0 Å². The number of rotatable bonds is 5. The first kappa shape index (κ1) is 10.9. The van der Waals surface area contributed by atoms with Gasteiger partial charge in [-0.3, -0.25) is 4.90 Å². The Kier molecular flexibility index (Phi) is 5.51. The van der Waals surface area contributed by atoms with Crippen LogP contribution in [0.2, 0.25) is 0 Å². The molecule has 0 bridgehead atoms. The zero-order valence-electron chi connectivity index (χ0n) is 8.17. The van der Waals surface area contributed by atoms with Crippen molar-refractivity contribution in [2.24, 2.45) is 0 Å². The molecule has 0 aromatic rings. The lowest BCUT2D eigenvalue weighted by molar-refractivity contribution is 0.122. The molecule has 1 N–H and O–H groups in total. The van der Waals surface area contributed by atoms with Crippen molar-refractivity contribution in [2.45, 2.75) is 45.7 Å². The summed E-state index contributed by atoms with van der Waals surface area (Å²) in [4.78, 5) is 2.23. The fraction of sp³-hybridized carbons (Fsp3) is 1.00. The van der Waals surface area contributed by atoms with Gasteiger partial charge in [-0.1, -0.05) is 13.3 Å². The zero-order chi connectivity index (χ0) is 8.85. The van der Waals surface area contributed by atoms with Gasteiger partial charge in [0.2, 0.25) is 0 Å². The van der Waals surface area contributed by atoms with E-state index in [4.69, 9.17) is 5.11 Å². The van der Waals surface area contributed by atoms with Crippen molar-refractivity contribution in [3.05, 3.63) is 0 Å². The van der Waals surface area contributed by atoms with E-state index >= 15 is 0 Å². The Morgan fingerprint density at radius 1 is 1.27 bits per heavy atom. The molecule has 0 heterocycles. The van der Waals surface area contributed by atoms with Gasteiger partial charge in [-0.25, -0.2) is 0 Å². The summed E-state index contributed by atoms with van der Waals surface area (Å²) in [5, 5.41) is 8.88. The van der Waals surface area contributed by atoms with E-state index in [0.29, 0.717) is 6.04 Å². The molecule has 2 unspecified atom stereocenters. The van der Waals surface area contributed by atoms with E-state index in [-0.39, 0.29) is 12.6 Å². The van der Waals surface area contributed by atoms with Gasteiger partial charge < -0.3 is 5.11 Å². The van der Waals surface area contributed by atoms with Crippen LogP contribution in [0.1, 0.15) is 33.6 Å². The van der Waals surface area contributed by atoms with Gasteiger partial charge in [0, 0.05) is 12.1 Å². The summed E-state index contributed by atoms with van der Waals surface area (Å²) in [5.74, 6) is 0. The number of hydrogen-bond acceptors (Lipinski definition) is 2. The van der Waals surface area contributed by atoms with Gasteiger partial charge in [0.15, 0.2) is 0 Å². The van der Waals surface area contributed by atoms with E-state index in [0.717, 1.165) is 0 Å². The molecule has 0 saturated carbocycles. The molecule has 0 aliphatic carbocycles. The van der Waals surface area contributed by atoms with Crippen molar-refractivity contribution in [1.29, 1.82) is 0 Å².